The molecule has 0 aliphatic rings. The smallest absolute Gasteiger partial charge is 0.106 e. The van der Waals surface area contributed by atoms with Crippen LogP contribution in [0.4, 0.5) is 0 Å². The summed E-state index contributed by atoms with van der Waals surface area (Å²) in [6.07, 6.45) is 4.81. The fourth-order valence-electron chi connectivity index (χ4n) is 0.187. The molecule has 0 amide bonds. The predicted octanol–water partition coefficient (Wildman–Crippen LogP) is 0.506. The van der Waals surface area contributed by atoms with Crippen LogP contribution in [0.2, 0.25) is 0 Å². The lowest BCUT2D eigenvalue weighted by Gasteiger charge is -1.46. The lowest BCUT2D eigenvalue weighted by molar-refractivity contribution is 2.40. The van der Waals surface area contributed by atoms with Crippen LogP contribution in [-0.4, -0.2) is 5.37 Å². The molecule has 42 valence electrons. The highest BCUT2D eigenvalue weighted by atomic mass is 32.1. The van der Waals surface area contributed by atoms with Crippen molar-refractivity contribution in [3.05, 3.63) is 0 Å². The van der Waals surface area contributed by atoms with Gasteiger partial charge in [-0.1, -0.05) is 0 Å². The van der Waals surface area contributed by atoms with Crippen molar-refractivity contribution < 1.29 is 0 Å². The average molecular weight is 141 g/mol. The van der Waals surface area contributed by atoms with Crippen molar-refractivity contribution in [1.29, 1.82) is 0 Å². The number of hydrogen-bond acceptors (Lipinski definition) is 1. The molecular weight excluding hydrogens is 140 g/mol. The van der Waals surface area contributed by atoms with Crippen LogP contribution in [0, 0.1) is 47.9 Å². The third-order valence-corrected chi connectivity index (χ3v) is 0.538. The van der Waals surface area contributed by atoms with Crippen molar-refractivity contribution >= 4 is 17.6 Å². The van der Waals surface area contributed by atoms with E-state index >= 15 is 0 Å². The van der Waals surface area contributed by atoms with Crippen LogP contribution in [0.1, 0.15) is 0 Å². The van der Waals surface area contributed by atoms with Crippen molar-refractivity contribution in [2.75, 3.05) is 0 Å². The molecular formula is C9HS+. The predicted molar refractivity (Wildman–Crippen MR) is 44.8 cm³/mol. The number of terminal acetylenes is 1. The highest BCUT2D eigenvalue weighted by molar-refractivity contribution is 7.79. The molecule has 0 rings (SSSR count). The van der Waals surface area contributed by atoms with Crippen LogP contribution in [0.5, 0.6) is 0 Å². The Morgan fingerprint density at radius 3 is 2.20 bits per heavy atom. The van der Waals surface area contributed by atoms with Gasteiger partial charge in [-0.2, -0.15) is 0 Å². The van der Waals surface area contributed by atoms with E-state index in [1.54, 1.807) is 0 Å². The van der Waals surface area contributed by atoms with Gasteiger partial charge in [-0.3, -0.25) is 0 Å². The van der Waals surface area contributed by atoms with E-state index in [9.17, 15) is 0 Å². The van der Waals surface area contributed by atoms with Crippen molar-refractivity contribution in [2.24, 2.45) is 0 Å². The number of rotatable bonds is 0. The third-order valence-electron chi connectivity index (χ3n) is 0.436. The van der Waals surface area contributed by atoms with Gasteiger partial charge >= 0.3 is 0 Å². The maximum absolute atomic E-state index is 4.81. The molecule has 0 atom stereocenters. The van der Waals surface area contributed by atoms with Gasteiger partial charge in [0.05, 0.1) is 0 Å². The highest BCUT2D eigenvalue weighted by Gasteiger charge is 1.69. The quantitative estimate of drug-likeness (QED) is 0.269. The summed E-state index contributed by atoms with van der Waals surface area (Å²) < 4.78 is 0. The van der Waals surface area contributed by atoms with E-state index in [-0.39, 0.29) is 0 Å². The van der Waals surface area contributed by atoms with Gasteiger partial charge in [-0.15, -0.1) is 6.42 Å². The molecule has 1 heteroatoms. The first-order valence-electron chi connectivity index (χ1n) is 2.24. The van der Waals surface area contributed by atoms with Crippen LogP contribution in [-0.2, 0) is 0 Å². The fourth-order valence-corrected chi connectivity index (χ4v) is 0.238. The van der Waals surface area contributed by atoms with E-state index in [1.165, 1.54) is 0 Å². The minimum Gasteiger partial charge on any atom is -0.106 e. The summed E-state index contributed by atoms with van der Waals surface area (Å²) in [5.41, 5.74) is 0. The Bertz CT molecular complexity index is 323. The van der Waals surface area contributed by atoms with E-state index in [4.69, 9.17) is 6.42 Å². The molecule has 0 bridgehead atoms. The normalized spacial score (nSPS) is 3.50. The first-order valence-corrected chi connectivity index (χ1v) is 2.65. The Hall–Kier alpha value is -1.76. The molecule has 0 fully saturated rings. The van der Waals surface area contributed by atoms with E-state index in [0.717, 1.165) is 0 Å². The molecule has 0 radical (unpaired) electrons. The molecule has 0 aromatic rings. The van der Waals surface area contributed by atoms with Crippen LogP contribution in [0.25, 0.3) is 0 Å². The Balaban J connectivity index is 3.97. The Labute approximate surface area is 66.0 Å². The maximum atomic E-state index is 4.81. The van der Waals surface area contributed by atoms with Gasteiger partial charge in [-0.25, -0.2) is 0 Å². The SMILES string of the molecule is C#CC#CC#CC#C[C+]=S. The molecule has 0 aromatic carbocycles. The summed E-state index contributed by atoms with van der Waals surface area (Å²) in [5.74, 6) is 16.4. The third kappa shape index (κ3) is 6.24. The molecule has 10 heavy (non-hydrogen) atoms. The van der Waals surface area contributed by atoms with Gasteiger partial charge in [-0.05, 0) is 11.8 Å². The van der Waals surface area contributed by atoms with Gasteiger partial charge in [0.25, 0.3) is 0 Å². The summed E-state index contributed by atoms with van der Waals surface area (Å²) in [4.78, 5) is 0. The van der Waals surface area contributed by atoms with Crippen molar-refractivity contribution in [1.82, 2.24) is 0 Å². The van der Waals surface area contributed by atoms with E-state index < -0.39 is 0 Å². The maximum Gasteiger partial charge on any atom is 0.249 e. The second kappa shape index (κ2) is 7.24. The minimum absolute atomic E-state index is 2.11. The average Bonchev–Trinajstić information content (AvgIpc) is 1.97. The lowest BCUT2D eigenvalue weighted by Crippen LogP contribution is -1.54. The van der Waals surface area contributed by atoms with Crippen molar-refractivity contribution in [2.45, 2.75) is 0 Å². The van der Waals surface area contributed by atoms with Crippen LogP contribution in [0.3, 0.4) is 0 Å². The first kappa shape index (κ1) is 8.24. The molecule has 0 aromatic heterocycles. The molecule has 0 saturated heterocycles. The largest absolute Gasteiger partial charge is 0.249 e. The molecule has 0 aliphatic carbocycles. The minimum atomic E-state index is 2.11. The van der Waals surface area contributed by atoms with Gasteiger partial charge in [0, 0.05) is 11.8 Å². The molecule has 0 nitrogen and oxygen atoms in total. The van der Waals surface area contributed by atoms with Gasteiger partial charge in [0.1, 0.15) is 18.1 Å². The first-order chi connectivity index (χ1) is 4.91. The lowest BCUT2D eigenvalue weighted by atomic mass is 10.5. The van der Waals surface area contributed by atoms with Crippen LogP contribution in [0.15, 0.2) is 0 Å². The van der Waals surface area contributed by atoms with Crippen molar-refractivity contribution in [3.8, 4) is 47.9 Å². The van der Waals surface area contributed by atoms with Gasteiger partial charge < -0.3 is 0 Å². The molecule has 0 spiro atoms. The fraction of sp³-hybridized carbons (Fsp3) is 0. The summed E-state index contributed by atoms with van der Waals surface area (Å²) in [7, 11) is 0. The van der Waals surface area contributed by atoms with Gasteiger partial charge in [0.2, 0.25) is 17.2 Å². The van der Waals surface area contributed by atoms with E-state index in [0.29, 0.717) is 0 Å². The topological polar surface area (TPSA) is 0 Å². The molecule has 0 heterocycles. The Morgan fingerprint density at radius 2 is 1.60 bits per heavy atom. The molecule has 0 aliphatic heterocycles. The highest BCUT2D eigenvalue weighted by Crippen LogP contribution is 1.53. The summed E-state index contributed by atoms with van der Waals surface area (Å²) in [5, 5.41) is 2.19. The Morgan fingerprint density at radius 1 is 1.00 bits per heavy atom. The second-order valence-corrected chi connectivity index (χ2v) is 1.20. The van der Waals surface area contributed by atoms with Crippen LogP contribution >= 0.6 is 12.2 Å². The summed E-state index contributed by atoms with van der Waals surface area (Å²) in [6.45, 7) is 0. The molecule has 0 N–H and O–H groups in total. The zero-order chi connectivity index (χ0) is 7.66. The Kier molecular flexibility index (Phi) is 5.97. The standard InChI is InChI=1S/C9HS/c1-2-3-4-5-6-7-8-9-10/h1H/q+1. The van der Waals surface area contributed by atoms with Gasteiger partial charge in [0.15, 0.2) is 0 Å². The monoisotopic (exact) mass is 141 g/mol. The van der Waals surface area contributed by atoms with Crippen LogP contribution < -0.4 is 0 Å². The van der Waals surface area contributed by atoms with E-state index in [1.807, 2.05) is 0 Å². The summed E-state index contributed by atoms with van der Waals surface area (Å²) in [6, 6.07) is 0. The van der Waals surface area contributed by atoms with E-state index in [2.05, 4.69) is 59.0 Å². The zero-order valence-corrected chi connectivity index (χ0v) is 5.80. The molecule has 0 saturated carbocycles. The summed E-state index contributed by atoms with van der Waals surface area (Å²) >= 11 is 4.29. The molecule has 0 unspecified atom stereocenters. The number of thiocarbonyl (C=S) groups is 1. The van der Waals surface area contributed by atoms with Crippen molar-refractivity contribution in [3.63, 3.8) is 0 Å². The zero-order valence-electron chi connectivity index (χ0n) is 4.99. The second-order valence-electron chi connectivity index (χ2n) is 0.996. The number of hydrogen-bond donors (Lipinski definition) is 0.